The molecule has 0 spiro atoms. The normalized spacial score (nSPS) is 16.8. The van der Waals surface area contributed by atoms with Crippen molar-refractivity contribution in [1.82, 2.24) is 9.97 Å². The molecule has 0 fully saturated rings. The van der Waals surface area contributed by atoms with Crippen molar-refractivity contribution in [2.75, 3.05) is 21.7 Å². The lowest BCUT2D eigenvalue weighted by Gasteiger charge is -2.28. The molecule has 6 nitrogen and oxygen atoms in total. The third kappa shape index (κ3) is 2.24. The van der Waals surface area contributed by atoms with Gasteiger partial charge in [0.1, 0.15) is 10.1 Å². The fourth-order valence-electron chi connectivity index (χ4n) is 2.36. The minimum Gasteiger partial charge on any atom is -0.323 e. The molecule has 0 aromatic carbocycles. The Hall–Kier alpha value is -2.06. The van der Waals surface area contributed by atoms with Crippen molar-refractivity contribution in [3.05, 3.63) is 30.6 Å². The molecule has 2 aromatic rings. The minimum absolute atomic E-state index is 0.0259. The van der Waals surface area contributed by atoms with Crippen LogP contribution in [0.4, 0.5) is 17.1 Å². The van der Waals surface area contributed by atoms with Gasteiger partial charge in [0.25, 0.3) is 0 Å². The number of carbonyl (C=O) groups excluding carboxylic acids is 2. The predicted molar refractivity (Wildman–Crippen MR) is 85.7 cm³/mol. The van der Waals surface area contributed by atoms with Gasteiger partial charge in [-0.05, 0) is 18.2 Å². The van der Waals surface area contributed by atoms with Gasteiger partial charge in [-0.1, -0.05) is 23.5 Å². The summed E-state index contributed by atoms with van der Waals surface area (Å²) in [6, 6.07) is 5.45. The van der Waals surface area contributed by atoms with Gasteiger partial charge >= 0.3 is 0 Å². The smallest absolute Gasteiger partial charge is 0.242 e. The Morgan fingerprint density at radius 2 is 2.00 bits per heavy atom. The lowest BCUT2D eigenvalue weighted by atomic mass is 10.2. The number of nitrogens with one attached hydrogen (secondary N) is 1. The third-order valence-corrected chi connectivity index (χ3v) is 5.27. The topological polar surface area (TPSA) is 75.2 Å². The molecule has 1 N–H and O–H groups in total. The highest BCUT2D eigenvalue weighted by atomic mass is 32.2. The second kappa shape index (κ2) is 5.29. The molecule has 2 aromatic heterocycles. The number of amides is 2. The Bertz CT molecular complexity index is 796. The molecule has 110 valence electrons. The highest BCUT2D eigenvalue weighted by molar-refractivity contribution is 8.00. The fraction of sp³-hybridized carbons (Fsp3) is 0.143. The van der Waals surface area contributed by atoms with E-state index in [1.54, 1.807) is 29.4 Å². The monoisotopic (exact) mass is 330 g/mol. The molecule has 4 heterocycles. The van der Waals surface area contributed by atoms with Crippen LogP contribution in [-0.4, -0.2) is 33.3 Å². The first-order chi connectivity index (χ1) is 10.7. The summed E-state index contributed by atoms with van der Waals surface area (Å²) < 4.78 is 0. The largest absolute Gasteiger partial charge is 0.323 e. The second-order valence-corrected chi connectivity index (χ2v) is 6.66. The standard InChI is InChI=1S/C14H10N4O2S2/c19-11-6-21-13-9(17-11)4-8(5-16-13)18-10-2-1-3-15-14(10)22-7-12(18)20/h1-5H,6-7H2,(H,17,19). The van der Waals surface area contributed by atoms with E-state index in [9.17, 15) is 9.59 Å². The number of nitrogens with zero attached hydrogens (tertiary/aromatic N) is 3. The van der Waals surface area contributed by atoms with E-state index >= 15 is 0 Å². The van der Waals surface area contributed by atoms with Crippen LogP contribution in [0.1, 0.15) is 0 Å². The van der Waals surface area contributed by atoms with Crippen LogP contribution in [0.2, 0.25) is 0 Å². The molecular weight excluding hydrogens is 320 g/mol. The van der Waals surface area contributed by atoms with Gasteiger partial charge in [-0.25, -0.2) is 9.97 Å². The first-order valence-electron chi connectivity index (χ1n) is 6.56. The molecule has 8 heteroatoms. The molecule has 0 radical (unpaired) electrons. The van der Waals surface area contributed by atoms with E-state index in [1.807, 2.05) is 6.07 Å². The molecule has 0 saturated carbocycles. The van der Waals surface area contributed by atoms with E-state index in [0.29, 0.717) is 22.9 Å². The van der Waals surface area contributed by atoms with Crippen molar-refractivity contribution in [3.63, 3.8) is 0 Å². The molecule has 0 atom stereocenters. The fourth-order valence-corrected chi connectivity index (χ4v) is 3.93. The lowest BCUT2D eigenvalue weighted by molar-refractivity contribution is -0.115. The van der Waals surface area contributed by atoms with E-state index in [1.165, 1.54) is 23.5 Å². The Morgan fingerprint density at radius 1 is 1.14 bits per heavy atom. The summed E-state index contributed by atoms with van der Waals surface area (Å²) >= 11 is 2.82. The third-order valence-electron chi connectivity index (χ3n) is 3.28. The van der Waals surface area contributed by atoms with Crippen LogP contribution in [0.3, 0.4) is 0 Å². The maximum atomic E-state index is 12.3. The van der Waals surface area contributed by atoms with Gasteiger partial charge in [-0.15, -0.1) is 0 Å². The Kier molecular flexibility index (Phi) is 3.27. The number of fused-ring (bicyclic) bond motifs is 2. The quantitative estimate of drug-likeness (QED) is 0.865. The van der Waals surface area contributed by atoms with Crippen LogP contribution >= 0.6 is 23.5 Å². The molecule has 4 rings (SSSR count). The van der Waals surface area contributed by atoms with Crippen molar-refractivity contribution >= 4 is 52.4 Å². The number of carbonyl (C=O) groups is 2. The van der Waals surface area contributed by atoms with E-state index in [4.69, 9.17) is 0 Å². The van der Waals surface area contributed by atoms with E-state index < -0.39 is 0 Å². The summed E-state index contributed by atoms with van der Waals surface area (Å²) in [4.78, 5) is 34.1. The summed E-state index contributed by atoms with van der Waals surface area (Å²) in [6.45, 7) is 0. The van der Waals surface area contributed by atoms with Gasteiger partial charge in [0.05, 0.1) is 34.8 Å². The van der Waals surface area contributed by atoms with Crippen LogP contribution in [0, 0.1) is 0 Å². The molecule has 2 aliphatic rings. The first-order valence-corrected chi connectivity index (χ1v) is 8.53. The number of aromatic nitrogens is 2. The highest BCUT2D eigenvalue weighted by Gasteiger charge is 2.28. The number of pyridine rings is 2. The number of hydrogen-bond donors (Lipinski definition) is 1. The predicted octanol–water partition coefficient (Wildman–Crippen LogP) is 2.29. The summed E-state index contributed by atoms with van der Waals surface area (Å²) in [6.07, 6.45) is 3.37. The van der Waals surface area contributed by atoms with E-state index in [0.717, 1.165) is 15.7 Å². The van der Waals surface area contributed by atoms with Crippen molar-refractivity contribution in [1.29, 1.82) is 0 Å². The zero-order valence-corrected chi connectivity index (χ0v) is 12.9. The number of hydrogen-bond acceptors (Lipinski definition) is 6. The molecule has 2 aliphatic heterocycles. The summed E-state index contributed by atoms with van der Waals surface area (Å²) in [5.41, 5.74) is 2.04. The van der Waals surface area contributed by atoms with Gasteiger partial charge in [-0.2, -0.15) is 0 Å². The summed E-state index contributed by atoms with van der Waals surface area (Å²) in [7, 11) is 0. The molecule has 0 aliphatic carbocycles. The Balaban J connectivity index is 1.80. The van der Waals surface area contributed by atoms with Crippen molar-refractivity contribution < 1.29 is 9.59 Å². The van der Waals surface area contributed by atoms with Crippen LogP contribution < -0.4 is 10.2 Å². The molecular formula is C14H10N4O2S2. The van der Waals surface area contributed by atoms with Gasteiger partial charge in [-0.3, -0.25) is 14.5 Å². The van der Waals surface area contributed by atoms with Crippen LogP contribution in [-0.2, 0) is 9.59 Å². The van der Waals surface area contributed by atoms with Crippen LogP contribution in [0.5, 0.6) is 0 Å². The van der Waals surface area contributed by atoms with Gasteiger partial charge in [0.2, 0.25) is 11.8 Å². The lowest BCUT2D eigenvalue weighted by Crippen LogP contribution is -2.31. The Morgan fingerprint density at radius 3 is 2.91 bits per heavy atom. The second-order valence-electron chi connectivity index (χ2n) is 4.73. The first kappa shape index (κ1) is 13.6. The average Bonchev–Trinajstić information content (AvgIpc) is 2.54. The molecule has 0 saturated heterocycles. The maximum absolute atomic E-state index is 12.3. The van der Waals surface area contributed by atoms with Crippen LogP contribution in [0.15, 0.2) is 40.6 Å². The number of anilines is 3. The highest BCUT2D eigenvalue weighted by Crippen LogP contribution is 2.40. The van der Waals surface area contributed by atoms with Crippen LogP contribution in [0.25, 0.3) is 0 Å². The Labute approximate surface area is 134 Å². The van der Waals surface area contributed by atoms with E-state index in [2.05, 4.69) is 15.3 Å². The molecule has 2 amide bonds. The van der Waals surface area contributed by atoms with E-state index in [-0.39, 0.29) is 11.8 Å². The number of thioether (sulfide) groups is 2. The van der Waals surface area contributed by atoms with Gasteiger partial charge < -0.3 is 5.32 Å². The van der Waals surface area contributed by atoms with Crippen molar-refractivity contribution in [3.8, 4) is 0 Å². The van der Waals surface area contributed by atoms with Gasteiger partial charge in [0.15, 0.2) is 0 Å². The molecule has 0 unspecified atom stereocenters. The SMILES string of the molecule is O=C1CSc2ncc(N3C(=O)CSc4ncccc43)cc2N1. The summed E-state index contributed by atoms with van der Waals surface area (Å²) in [5.74, 6) is 0.620. The maximum Gasteiger partial charge on any atom is 0.242 e. The molecule has 22 heavy (non-hydrogen) atoms. The van der Waals surface area contributed by atoms with Crippen molar-refractivity contribution in [2.24, 2.45) is 0 Å². The molecule has 0 bridgehead atoms. The zero-order chi connectivity index (χ0) is 15.1. The minimum atomic E-state index is -0.0564. The zero-order valence-electron chi connectivity index (χ0n) is 11.3. The number of rotatable bonds is 1. The van der Waals surface area contributed by atoms with Crippen molar-refractivity contribution in [2.45, 2.75) is 10.1 Å². The van der Waals surface area contributed by atoms with Gasteiger partial charge in [0, 0.05) is 6.20 Å². The average molecular weight is 330 g/mol. The summed E-state index contributed by atoms with van der Waals surface area (Å²) in [5, 5.41) is 4.39.